The second-order valence-electron chi connectivity index (χ2n) is 3.72. The van der Waals surface area contributed by atoms with E-state index < -0.39 is 0 Å². The maximum Gasteiger partial charge on any atom is 0.0843 e. The fourth-order valence-electron chi connectivity index (χ4n) is 1.48. The van der Waals surface area contributed by atoms with Crippen LogP contribution in [-0.2, 0) is 6.54 Å². The lowest BCUT2D eigenvalue weighted by atomic mass is 10.1. The third-order valence-electron chi connectivity index (χ3n) is 2.46. The van der Waals surface area contributed by atoms with Crippen LogP contribution in [0.1, 0.15) is 23.4 Å². The van der Waals surface area contributed by atoms with Crippen molar-refractivity contribution in [2.75, 3.05) is 0 Å². The minimum atomic E-state index is 0.309. The summed E-state index contributed by atoms with van der Waals surface area (Å²) in [5.74, 6) is 0. The van der Waals surface area contributed by atoms with Gasteiger partial charge in [0.05, 0.1) is 3.79 Å². The van der Waals surface area contributed by atoms with Gasteiger partial charge in [0, 0.05) is 34.3 Å². The zero-order valence-corrected chi connectivity index (χ0v) is 13.3. The summed E-state index contributed by atoms with van der Waals surface area (Å²) in [7, 11) is 0. The van der Waals surface area contributed by atoms with Crippen molar-refractivity contribution in [2.24, 2.45) is 0 Å². The lowest BCUT2D eigenvalue weighted by Crippen LogP contribution is -2.17. The van der Waals surface area contributed by atoms with Crippen molar-refractivity contribution in [1.29, 1.82) is 0 Å². The van der Waals surface area contributed by atoms with Crippen molar-refractivity contribution in [1.82, 2.24) is 10.3 Å². The number of pyridine rings is 1. The monoisotopic (exact) mass is 374 g/mol. The first kappa shape index (κ1) is 13.2. The lowest BCUT2D eigenvalue weighted by molar-refractivity contribution is 0.577. The SMILES string of the molecule is C[C@@H](NCc1cc(Br)c(Br)s1)c1cccnc1. The molecule has 90 valence electrons. The van der Waals surface area contributed by atoms with Crippen LogP contribution in [0.25, 0.3) is 0 Å². The Morgan fingerprint density at radius 3 is 2.88 bits per heavy atom. The first-order chi connectivity index (χ1) is 8.16. The molecule has 17 heavy (non-hydrogen) atoms. The highest BCUT2D eigenvalue weighted by Gasteiger charge is 2.07. The third kappa shape index (κ3) is 3.61. The summed E-state index contributed by atoms with van der Waals surface area (Å²) < 4.78 is 2.26. The van der Waals surface area contributed by atoms with Crippen LogP contribution in [0.3, 0.4) is 0 Å². The average molecular weight is 376 g/mol. The van der Waals surface area contributed by atoms with Gasteiger partial charge in [0.1, 0.15) is 0 Å². The Morgan fingerprint density at radius 1 is 1.47 bits per heavy atom. The molecule has 0 aliphatic heterocycles. The summed E-state index contributed by atoms with van der Waals surface area (Å²) in [4.78, 5) is 5.43. The van der Waals surface area contributed by atoms with Gasteiger partial charge in [-0.05, 0) is 56.5 Å². The van der Waals surface area contributed by atoms with E-state index in [1.54, 1.807) is 17.5 Å². The molecule has 5 heteroatoms. The fourth-order valence-corrected chi connectivity index (χ4v) is 3.61. The number of rotatable bonds is 4. The molecule has 2 rings (SSSR count). The molecule has 2 heterocycles. The molecule has 0 bridgehead atoms. The molecule has 0 aliphatic rings. The Balaban J connectivity index is 1.94. The quantitative estimate of drug-likeness (QED) is 0.849. The van der Waals surface area contributed by atoms with Crippen molar-refractivity contribution >= 4 is 43.2 Å². The topological polar surface area (TPSA) is 24.9 Å². The molecule has 0 amide bonds. The Morgan fingerprint density at radius 2 is 2.29 bits per heavy atom. The van der Waals surface area contributed by atoms with Crippen LogP contribution in [0.4, 0.5) is 0 Å². The number of hydrogen-bond acceptors (Lipinski definition) is 3. The molecule has 0 fully saturated rings. The van der Waals surface area contributed by atoms with Gasteiger partial charge in [0.2, 0.25) is 0 Å². The molecule has 2 aromatic rings. The summed E-state index contributed by atoms with van der Waals surface area (Å²) in [5, 5.41) is 3.48. The molecule has 2 nitrogen and oxygen atoms in total. The summed E-state index contributed by atoms with van der Waals surface area (Å²) in [6.45, 7) is 3.01. The summed E-state index contributed by atoms with van der Waals surface area (Å²) in [6, 6.07) is 6.50. The van der Waals surface area contributed by atoms with Gasteiger partial charge in [-0.2, -0.15) is 0 Å². The van der Waals surface area contributed by atoms with Crippen LogP contribution in [0.15, 0.2) is 38.9 Å². The highest BCUT2D eigenvalue weighted by atomic mass is 79.9. The summed E-state index contributed by atoms with van der Waals surface area (Å²) in [6.07, 6.45) is 3.70. The molecule has 1 atom stereocenters. The van der Waals surface area contributed by atoms with Crippen LogP contribution >= 0.6 is 43.2 Å². The number of halogens is 2. The Kier molecular flexibility index (Phi) is 4.73. The number of hydrogen-bond donors (Lipinski definition) is 1. The molecule has 0 spiro atoms. The molecule has 0 unspecified atom stereocenters. The molecular weight excluding hydrogens is 364 g/mol. The molecule has 0 saturated heterocycles. The van der Waals surface area contributed by atoms with E-state index in [1.807, 2.05) is 12.3 Å². The van der Waals surface area contributed by atoms with Crippen molar-refractivity contribution < 1.29 is 0 Å². The number of nitrogens with one attached hydrogen (secondary N) is 1. The minimum Gasteiger partial charge on any atom is -0.305 e. The molecule has 0 radical (unpaired) electrons. The molecule has 0 aliphatic carbocycles. The molecule has 1 N–H and O–H groups in total. The van der Waals surface area contributed by atoms with Crippen LogP contribution in [-0.4, -0.2) is 4.98 Å². The predicted octanol–water partition coefficient (Wildman–Crippen LogP) is 4.52. The molecule has 2 aromatic heterocycles. The maximum absolute atomic E-state index is 4.13. The normalized spacial score (nSPS) is 12.6. The van der Waals surface area contributed by atoms with E-state index in [0.717, 1.165) is 14.8 Å². The van der Waals surface area contributed by atoms with Crippen LogP contribution < -0.4 is 5.32 Å². The fraction of sp³-hybridized carbons (Fsp3) is 0.250. The van der Waals surface area contributed by atoms with Gasteiger partial charge in [0.25, 0.3) is 0 Å². The molecule has 0 saturated carbocycles. The van der Waals surface area contributed by atoms with E-state index in [2.05, 4.69) is 61.2 Å². The van der Waals surface area contributed by atoms with Gasteiger partial charge in [-0.25, -0.2) is 0 Å². The number of aromatic nitrogens is 1. The van der Waals surface area contributed by atoms with Gasteiger partial charge in [-0.3, -0.25) is 4.98 Å². The van der Waals surface area contributed by atoms with E-state index in [4.69, 9.17) is 0 Å². The molecular formula is C12H12Br2N2S. The van der Waals surface area contributed by atoms with Gasteiger partial charge >= 0.3 is 0 Å². The van der Waals surface area contributed by atoms with E-state index >= 15 is 0 Å². The van der Waals surface area contributed by atoms with E-state index in [-0.39, 0.29) is 0 Å². The van der Waals surface area contributed by atoms with E-state index in [1.165, 1.54) is 10.4 Å². The Hall–Kier alpha value is -0.230. The van der Waals surface area contributed by atoms with Gasteiger partial charge in [0.15, 0.2) is 0 Å². The lowest BCUT2D eigenvalue weighted by Gasteiger charge is -2.12. The zero-order chi connectivity index (χ0) is 12.3. The van der Waals surface area contributed by atoms with Gasteiger partial charge in [-0.1, -0.05) is 6.07 Å². The van der Waals surface area contributed by atoms with E-state index in [9.17, 15) is 0 Å². The van der Waals surface area contributed by atoms with E-state index in [0.29, 0.717) is 6.04 Å². The maximum atomic E-state index is 4.13. The molecule has 0 aromatic carbocycles. The highest BCUT2D eigenvalue weighted by molar-refractivity contribution is 9.13. The van der Waals surface area contributed by atoms with Crippen LogP contribution in [0.5, 0.6) is 0 Å². The average Bonchev–Trinajstić information content (AvgIpc) is 2.67. The minimum absolute atomic E-state index is 0.309. The Labute approximate surface area is 122 Å². The highest BCUT2D eigenvalue weighted by Crippen LogP contribution is 2.32. The van der Waals surface area contributed by atoms with Gasteiger partial charge < -0.3 is 5.32 Å². The van der Waals surface area contributed by atoms with Gasteiger partial charge in [-0.15, -0.1) is 11.3 Å². The van der Waals surface area contributed by atoms with Crippen molar-refractivity contribution in [3.63, 3.8) is 0 Å². The smallest absolute Gasteiger partial charge is 0.0843 e. The standard InChI is InChI=1S/C12H12Br2N2S/c1-8(9-3-2-4-15-6-9)16-7-10-5-11(13)12(14)17-10/h2-6,8,16H,7H2,1H3/t8-/m1/s1. The zero-order valence-electron chi connectivity index (χ0n) is 9.28. The van der Waals surface area contributed by atoms with Crippen molar-refractivity contribution in [3.05, 3.63) is 49.3 Å². The van der Waals surface area contributed by atoms with Crippen LogP contribution in [0.2, 0.25) is 0 Å². The second kappa shape index (κ2) is 6.09. The van der Waals surface area contributed by atoms with Crippen molar-refractivity contribution in [3.8, 4) is 0 Å². The van der Waals surface area contributed by atoms with Crippen LogP contribution in [0, 0.1) is 0 Å². The first-order valence-corrected chi connectivity index (χ1v) is 7.64. The second-order valence-corrected chi connectivity index (χ2v) is 7.03. The number of thiophene rings is 1. The first-order valence-electron chi connectivity index (χ1n) is 5.24. The third-order valence-corrected chi connectivity index (χ3v) is 5.72. The number of nitrogens with zero attached hydrogens (tertiary/aromatic N) is 1. The largest absolute Gasteiger partial charge is 0.305 e. The summed E-state index contributed by atoms with van der Waals surface area (Å²) >= 11 is 8.74. The van der Waals surface area contributed by atoms with Crippen molar-refractivity contribution in [2.45, 2.75) is 19.5 Å². The predicted molar refractivity (Wildman–Crippen MR) is 79.2 cm³/mol. The Bertz CT molecular complexity index is 465. The summed E-state index contributed by atoms with van der Waals surface area (Å²) in [5.41, 5.74) is 1.21.